The molecule has 1 fully saturated rings. The van der Waals surface area contributed by atoms with Crippen molar-refractivity contribution in [1.82, 2.24) is 0 Å². The molecule has 0 aliphatic heterocycles. The normalized spacial score (nSPS) is 32.8. The van der Waals surface area contributed by atoms with E-state index in [1.54, 1.807) is 6.92 Å². The molecule has 0 aromatic heterocycles. The van der Waals surface area contributed by atoms with Crippen molar-refractivity contribution in [2.75, 3.05) is 0 Å². The summed E-state index contributed by atoms with van der Waals surface area (Å²) in [5.74, 6) is -1.26. The van der Waals surface area contributed by atoms with Crippen LogP contribution in [0.2, 0.25) is 0 Å². The SMILES string of the molecule is CC1CC(C(=O)O)C(C(=O)ON)CC1C(=O)O. The lowest BCUT2D eigenvalue weighted by atomic mass is 9.69. The van der Waals surface area contributed by atoms with Gasteiger partial charge >= 0.3 is 17.9 Å². The Morgan fingerprint density at radius 3 is 2.00 bits per heavy atom. The molecule has 96 valence electrons. The van der Waals surface area contributed by atoms with E-state index in [-0.39, 0.29) is 18.8 Å². The lowest BCUT2D eigenvalue weighted by Crippen LogP contribution is -2.42. The van der Waals surface area contributed by atoms with Crippen LogP contribution in [0.25, 0.3) is 0 Å². The molecule has 1 aliphatic rings. The zero-order valence-electron chi connectivity index (χ0n) is 9.33. The molecular weight excluding hydrogens is 230 g/mol. The summed E-state index contributed by atoms with van der Waals surface area (Å²) in [5, 5.41) is 18.0. The average Bonchev–Trinajstić information content (AvgIpc) is 2.26. The topological polar surface area (TPSA) is 127 Å². The van der Waals surface area contributed by atoms with Gasteiger partial charge in [0.1, 0.15) is 0 Å². The number of carbonyl (C=O) groups excluding carboxylic acids is 1. The molecule has 7 nitrogen and oxygen atoms in total. The second-order valence-corrected chi connectivity index (χ2v) is 4.38. The predicted molar refractivity (Wildman–Crippen MR) is 54.4 cm³/mol. The van der Waals surface area contributed by atoms with Crippen LogP contribution in [0.5, 0.6) is 0 Å². The summed E-state index contributed by atoms with van der Waals surface area (Å²) in [6.45, 7) is 1.67. The quantitative estimate of drug-likeness (QED) is 0.590. The Bertz CT molecular complexity index is 342. The standard InChI is InChI=1S/C10H15NO6/c1-4-2-6(9(14)15)7(10(16)17-11)3-5(4)8(12)13/h4-7H,2-3,11H2,1H3,(H,12,13)(H,14,15). The van der Waals surface area contributed by atoms with Crippen molar-refractivity contribution in [2.45, 2.75) is 19.8 Å². The van der Waals surface area contributed by atoms with Gasteiger partial charge < -0.3 is 15.1 Å². The Morgan fingerprint density at radius 2 is 1.59 bits per heavy atom. The molecular formula is C10H15NO6. The first-order valence-electron chi connectivity index (χ1n) is 5.24. The highest BCUT2D eigenvalue weighted by Crippen LogP contribution is 2.38. The third-order valence-electron chi connectivity index (χ3n) is 3.36. The third kappa shape index (κ3) is 2.73. The van der Waals surface area contributed by atoms with E-state index in [2.05, 4.69) is 4.84 Å². The molecule has 4 unspecified atom stereocenters. The van der Waals surface area contributed by atoms with Crippen LogP contribution in [0.4, 0.5) is 0 Å². The number of rotatable bonds is 3. The Kier molecular flexibility index (Phi) is 4.06. The lowest BCUT2D eigenvalue weighted by molar-refractivity contribution is -0.165. The van der Waals surface area contributed by atoms with Gasteiger partial charge in [-0.2, -0.15) is 5.90 Å². The van der Waals surface area contributed by atoms with Gasteiger partial charge in [-0.05, 0) is 18.8 Å². The highest BCUT2D eigenvalue weighted by molar-refractivity contribution is 5.82. The first-order chi connectivity index (χ1) is 7.88. The van der Waals surface area contributed by atoms with Crippen LogP contribution in [0.15, 0.2) is 0 Å². The van der Waals surface area contributed by atoms with Gasteiger partial charge in [-0.3, -0.25) is 14.4 Å². The van der Waals surface area contributed by atoms with Gasteiger partial charge in [0.2, 0.25) is 0 Å². The molecule has 1 rings (SSSR count). The van der Waals surface area contributed by atoms with Crippen molar-refractivity contribution in [3.05, 3.63) is 0 Å². The summed E-state index contributed by atoms with van der Waals surface area (Å²) in [7, 11) is 0. The highest BCUT2D eigenvalue weighted by atomic mass is 16.7. The molecule has 17 heavy (non-hydrogen) atoms. The van der Waals surface area contributed by atoms with Crippen molar-refractivity contribution in [3.8, 4) is 0 Å². The van der Waals surface area contributed by atoms with Crippen molar-refractivity contribution < 1.29 is 29.4 Å². The Morgan fingerprint density at radius 1 is 1.06 bits per heavy atom. The summed E-state index contributed by atoms with van der Waals surface area (Å²) in [4.78, 5) is 37.4. The van der Waals surface area contributed by atoms with Gasteiger partial charge in [0.25, 0.3) is 0 Å². The van der Waals surface area contributed by atoms with Gasteiger partial charge in [-0.15, -0.1) is 0 Å². The van der Waals surface area contributed by atoms with Gasteiger partial charge in [-0.1, -0.05) is 6.92 Å². The van der Waals surface area contributed by atoms with Crippen LogP contribution < -0.4 is 5.90 Å². The molecule has 0 bridgehead atoms. The summed E-state index contributed by atoms with van der Waals surface area (Å²) in [5.41, 5.74) is 0. The number of carboxylic acids is 2. The molecule has 4 atom stereocenters. The summed E-state index contributed by atoms with van der Waals surface area (Å²) >= 11 is 0. The summed E-state index contributed by atoms with van der Waals surface area (Å²) in [6.07, 6.45) is 0.0789. The highest BCUT2D eigenvalue weighted by Gasteiger charge is 2.45. The van der Waals surface area contributed by atoms with E-state index in [0.29, 0.717) is 0 Å². The molecule has 7 heteroatoms. The van der Waals surface area contributed by atoms with E-state index < -0.39 is 35.7 Å². The molecule has 0 amide bonds. The van der Waals surface area contributed by atoms with Crippen LogP contribution in [0, 0.1) is 23.7 Å². The number of nitrogens with two attached hydrogens (primary N) is 1. The van der Waals surface area contributed by atoms with Crippen molar-refractivity contribution in [2.24, 2.45) is 29.6 Å². The minimum atomic E-state index is -1.13. The van der Waals surface area contributed by atoms with E-state index in [9.17, 15) is 14.4 Å². The average molecular weight is 245 g/mol. The summed E-state index contributed by atoms with van der Waals surface area (Å²) < 4.78 is 0. The van der Waals surface area contributed by atoms with E-state index in [1.165, 1.54) is 0 Å². The largest absolute Gasteiger partial charge is 0.481 e. The summed E-state index contributed by atoms with van der Waals surface area (Å²) in [6, 6.07) is 0. The Balaban J connectivity index is 2.92. The number of hydrogen-bond acceptors (Lipinski definition) is 5. The molecule has 1 aliphatic carbocycles. The van der Waals surface area contributed by atoms with Gasteiger partial charge in [0.05, 0.1) is 17.8 Å². The van der Waals surface area contributed by atoms with Crippen LogP contribution in [-0.4, -0.2) is 28.1 Å². The van der Waals surface area contributed by atoms with Gasteiger partial charge in [-0.25, -0.2) is 0 Å². The van der Waals surface area contributed by atoms with Crippen molar-refractivity contribution in [1.29, 1.82) is 0 Å². The molecule has 4 N–H and O–H groups in total. The predicted octanol–water partition coefficient (Wildman–Crippen LogP) is -0.149. The Labute approximate surface area is 97.5 Å². The van der Waals surface area contributed by atoms with Crippen molar-refractivity contribution >= 4 is 17.9 Å². The van der Waals surface area contributed by atoms with Crippen LogP contribution in [0.1, 0.15) is 19.8 Å². The smallest absolute Gasteiger partial charge is 0.328 e. The molecule has 0 heterocycles. The first kappa shape index (κ1) is 13.4. The molecule has 0 spiro atoms. The van der Waals surface area contributed by atoms with Gasteiger partial charge in [0.15, 0.2) is 0 Å². The third-order valence-corrected chi connectivity index (χ3v) is 3.36. The minimum absolute atomic E-state index is 0.0521. The molecule has 0 aromatic rings. The molecule has 0 radical (unpaired) electrons. The fraction of sp³-hybridized carbons (Fsp3) is 0.700. The maximum absolute atomic E-state index is 11.4. The van der Waals surface area contributed by atoms with E-state index >= 15 is 0 Å². The molecule has 1 saturated carbocycles. The fourth-order valence-corrected chi connectivity index (χ4v) is 2.36. The number of hydrogen-bond donors (Lipinski definition) is 3. The van der Waals surface area contributed by atoms with Crippen LogP contribution in [-0.2, 0) is 19.2 Å². The van der Waals surface area contributed by atoms with Crippen LogP contribution in [0.3, 0.4) is 0 Å². The molecule has 0 saturated heterocycles. The lowest BCUT2D eigenvalue weighted by Gasteiger charge is -2.34. The van der Waals surface area contributed by atoms with E-state index in [1.807, 2.05) is 0 Å². The van der Waals surface area contributed by atoms with Crippen LogP contribution >= 0.6 is 0 Å². The maximum Gasteiger partial charge on any atom is 0.328 e. The van der Waals surface area contributed by atoms with E-state index in [0.717, 1.165) is 0 Å². The Hall–Kier alpha value is -1.63. The maximum atomic E-state index is 11.4. The number of aliphatic carboxylic acids is 2. The monoisotopic (exact) mass is 245 g/mol. The van der Waals surface area contributed by atoms with E-state index in [4.69, 9.17) is 16.1 Å². The fourth-order valence-electron chi connectivity index (χ4n) is 2.36. The van der Waals surface area contributed by atoms with Gasteiger partial charge in [0, 0.05) is 0 Å². The zero-order chi connectivity index (χ0) is 13.2. The van der Waals surface area contributed by atoms with Crippen molar-refractivity contribution in [3.63, 3.8) is 0 Å². The number of carboxylic acid groups (broad SMARTS) is 2. The second-order valence-electron chi connectivity index (χ2n) is 4.38. The zero-order valence-corrected chi connectivity index (χ0v) is 9.33. The first-order valence-corrected chi connectivity index (χ1v) is 5.24. The minimum Gasteiger partial charge on any atom is -0.481 e. The molecule has 0 aromatic carbocycles. The second kappa shape index (κ2) is 5.13. The number of carbonyl (C=O) groups is 3.